The van der Waals surface area contributed by atoms with Gasteiger partial charge in [0.15, 0.2) is 0 Å². The van der Waals surface area contributed by atoms with Gasteiger partial charge in [-0.3, -0.25) is 4.57 Å². The first-order chi connectivity index (χ1) is 9.93. The van der Waals surface area contributed by atoms with E-state index in [0.717, 1.165) is 23.1 Å². The molecule has 126 valence electrons. The van der Waals surface area contributed by atoms with Gasteiger partial charge in [-0.25, -0.2) is 0 Å². The lowest BCUT2D eigenvalue weighted by Crippen LogP contribution is -2.18. The Balaban J connectivity index is 3.10. The number of aryl methyl sites for hydroxylation is 1. The van der Waals surface area contributed by atoms with E-state index in [9.17, 15) is 9.67 Å². The van der Waals surface area contributed by atoms with E-state index in [1.54, 1.807) is 0 Å². The highest BCUT2D eigenvalue weighted by atomic mass is 31.1. The first kappa shape index (κ1) is 19.2. The summed E-state index contributed by atoms with van der Waals surface area (Å²) in [4.78, 5) is 8.68. The fourth-order valence-electron chi connectivity index (χ4n) is 2.42. The maximum Gasteiger partial charge on any atom is 0.316 e. The van der Waals surface area contributed by atoms with Crippen molar-refractivity contribution in [2.45, 2.75) is 65.2 Å². The minimum absolute atomic E-state index is 0.146. The van der Waals surface area contributed by atoms with Crippen molar-refractivity contribution >= 4 is 8.25 Å². The lowest BCUT2D eigenvalue weighted by molar-refractivity contribution is 0.277. The number of phenolic OH excluding ortho intramolecular Hbond substituents is 1. The number of aromatic hydroxyl groups is 1. The number of hydrogen-bond acceptors (Lipinski definition) is 3. The molecule has 0 bridgehead atoms. The first-order valence-electron chi connectivity index (χ1n) is 7.65. The van der Waals surface area contributed by atoms with Crippen LogP contribution in [0, 0.1) is 0 Å². The molecule has 0 spiro atoms. The third-order valence-electron chi connectivity index (χ3n) is 3.62. The third kappa shape index (κ3) is 5.42. The molecule has 1 aromatic carbocycles. The molecular weight excluding hydrogens is 299 g/mol. The van der Waals surface area contributed by atoms with Crippen LogP contribution in [0.25, 0.3) is 0 Å². The molecule has 2 N–H and O–H groups in total. The monoisotopic (exact) mass is 328 g/mol. The molecule has 5 heteroatoms. The van der Waals surface area contributed by atoms with E-state index < -0.39 is 8.25 Å². The van der Waals surface area contributed by atoms with Gasteiger partial charge in [-0.2, -0.15) is 0 Å². The lowest BCUT2D eigenvalue weighted by atomic mass is 9.78. The van der Waals surface area contributed by atoms with Gasteiger partial charge in [-0.1, -0.05) is 53.7 Å². The molecule has 0 aromatic heterocycles. The molecule has 0 saturated heterocycles. The summed E-state index contributed by atoms with van der Waals surface area (Å²) in [6.07, 6.45) is 1.43. The largest absolute Gasteiger partial charge is 0.507 e. The molecule has 0 aliphatic rings. The van der Waals surface area contributed by atoms with Crippen molar-refractivity contribution in [2.75, 3.05) is 6.61 Å². The van der Waals surface area contributed by atoms with Crippen LogP contribution in [0.2, 0.25) is 0 Å². The highest BCUT2D eigenvalue weighted by molar-refractivity contribution is 7.32. The Bertz CT molecular complexity index is 504. The van der Waals surface area contributed by atoms with E-state index in [1.807, 2.05) is 12.1 Å². The van der Waals surface area contributed by atoms with Gasteiger partial charge >= 0.3 is 8.25 Å². The zero-order chi connectivity index (χ0) is 17.1. The number of rotatable bonds is 5. The summed E-state index contributed by atoms with van der Waals surface area (Å²) in [5.74, 6) is 0.375. The number of benzene rings is 1. The van der Waals surface area contributed by atoms with E-state index in [-0.39, 0.29) is 17.4 Å². The highest BCUT2D eigenvalue weighted by Gasteiger charge is 2.26. The maximum absolute atomic E-state index is 10.6. The Morgan fingerprint density at radius 2 is 1.50 bits per heavy atom. The van der Waals surface area contributed by atoms with E-state index in [2.05, 4.69) is 41.5 Å². The van der Waals surface area contributed by atoms with Gasteiger partial charge in [0.05, 0.1) is 6.61 Å². The van der Waals surface area contributed by atoms with Gasteiger partial charge in [-0.15, -0.1) is 0 Å². The highest BCUT2D eigenvalue weighted by Crippen LogP contribution is 2.40. The van der Waals surface area contributed by atoms with Gasteiger partial charge in [0, 0.05) is 0 Å². The molecule has 0 amide bonds. The average Bonchev–Trinajstić information content (AvgIpc) is 2.33. The van der Waals surface area contributed by atoms with Crippen molar-refractivity contribution in [3.8, 4) is 5.75 Å². The summed E-state index contributed by atoms with van der Waals surface area (Å²) in [5.41, 5.74) is 2.70. The van der Waals surface area contributed by atoms with Crippen LogP contribution >= 0.6 is 8.25 Å². The van der Waals surface area contributed by atoms with Gasteiger partial charge < -0.3 is 14.5 Å². The van der Waals surface area contributed by atoms with Gasteiger partial charge in [-0.05, 0) is 40.4 Å². The van der Waals surface area contributed by atoms with Gasteiger partial charge in [0.25, 0.3) is 0 Å². The van der Waals surface area contributed by atoms with Crippen molar-refractivity contribution in [2.24, 2.45) is 0 Å². The molecule has 1 unspecified atom stereocenters. The first-order valence-corrected chi connectivity index (χ1v) is 8.92. The molecular formula is C17H29O4P. The fraction of sp³-hybridized carbons (Fsp3) is 0.647. The Hall–Kier alpha value is -0.830. The van der Waals surface area contributed by atoms with E-state index in [0.29, 0.717) is 12.2 Å². The summed E-state index contributed by atoms with van der Waals surface area (Å²) in [5, 5.41) is 10.6. The van der Waals surface area contributed by atoms with Crippen molar-refractivity contribution in [1.82, 2.24) is 0 Å². The second-order valence-electron chi connectivity index (χ2n) is 7.76. The number of hydrogen-bond donors (Lipinski definition) is 2. The molecule has 0 aliphatic heterocycles. The van der Waals surface area contributed by atoms with Crippen LogP contribution < -0.4 is 0 Å². The lowest BCUT2D eigenvalue weighted by Gasteiger charge is -2.28. The molecule has 0 radical (unpaired) electrons. The molecule has 1 atom stereocenters. The molecule has 0 heterocycles. The summed E-state index contributed by atoms with van der Waals surface area (Å²) < 4.78 is 15.3. The summed E-state index contributed by atoms with van der Waals surface area (Å²) >= 11 is 0. The topological polar surface area (TPSA) is 66.8 Å². The molecule has 0 aliphatic carbocycles. The van der Waals surface area contributed by atoms with Gasteiger partial charge in [0.1, 0.15) is 5.75 Å². The van der Waals surface area contributed by atoms with Crippen molar-refractivity contribution in [1.29, 1.82) is 0 Å². The van der Waals surface area contributed by atoms with Crippen molar-refractivity contribution in [3.63, 3.8) is 0 Å². The van der Waals surface area contributed by atoms with E-state index in [4.69, 9.17) is 9.42 Å². The number of phenols is 1. The predicted molar refractivity (Wildman–Crippen MR) is 91.0 cm³/mol. The molecule has 1 aromatic rings. The maximum atomic E-state index is 10.6. The Kier molecular flexibility index (Phi) is 6.26. The molecule has 0 fully saturated rings. The second kappa shape index (κ2) is 7.16. The third-order valence-corrected chi connectivity index (χ3v) is 4.07. The minimum Gasteiger partial charge on any atom is -0.507 e. The average molecular weight is 328 g/mol. The Morgan fingerprint density at radius 3 is 1.86 bits per heavy atom. The zero-order valence-corrected chi connectivity index (χ0v) is 15.5. The van der Waals surface area contributed by atoms with Crippen LogP contribution in [0.3, 0.4) is 0 Å². The molecule has 1 rings (SSSR count). The van der Waals surface area contributed by atoms with Crippen molar-refractivity contribution < 1.29 is 19.1 Å². The van der Waals surface area contributed by atoms with Crippen LogP contribution in [-0.4, -0.2) is 16.6 Å². The normalized spacial score (nSPS) is 14.1. The smallest absolute Gasteiger partial charge is 0.316 e. The SMILES string of the molecule is CC(C)(C)c1cc(CCCO[PH](=O)O)cc(C(C)(C)C)c1O. The second-order valence-corrected chi connectivity index (χ2v) is 8.58. The van der Waals surface area contributed by atoms with Crippen LogP contribution in [0.5, 0.6) is 5.75 Å². The standard InChI is InChI=1S/C17H29O4P/c1-16(2,3)13-10-12(8-7-9-21-22(19)20)11-14(15(13)18)17(4,5)6/h10-11,18,22H,7-9H2,1-6H3,(H,19,20). The quantitative estimate of drug-likeness (QED) is 0.624. The minimum atomic E-state index is -2.85. The Labute approximate surface area is 134 Å². The van der Waals surface area contributed by atoms with Crippen LogP contribution in [0.4, 0.5) is 0 Å². The predicted octanol–water partition coefficient (Wildman–Crippen LogP) is 4.32. The van der Waals surface area contributed by atoms with Crippen LogP contribution in [-0.2, 0) is 26.3 Å². The summed E-state index contributed by atoms with van der Waals surface area (Å²) in [6, 6.07) is 4.07. The van der Waals surface area contributed by atoms with Crippen molar-refractivity contribution in [3.05, 3.63) is 28.8 Å². The van der Waals surface area contributed by atoms with E-state index >= 15 is 0 Å². The Morgan fingerprint density at radius 1 is 1.05 bits per heavy atom. The van der Waals surface area contributed by atoms with Crippen LogP contribution in [0.15, 0.2) is 12.1 Å². The summed E-state index contributed by atoms with van der Waals surface area (Å²) in [6.45, 7) is 12.8. The van der Waals surface area contributed by atoms with E-state index in [1.165, 1.54) is 0 Å². The van der Waals surface area contributed by atoms with Gasteiger partial charge in [0.2, 0.25) is 0 Å². The molecule has 0 saturated carbocycles. The molecule has 22 heavy (non-hydrogen) atoms. The van der Waals surface area contributed by atoms with Crippen LogP contribution in [0.1, 0.15) is 64.7 Å². The summed E-state index contributed by atoms with van der Waals surface area (Å²) in [7, 11) is -2.85. The fourth-order valence-corrected chi connectivity index (χ4v) is 2.74. The zero-order valence-electron chi connectivity index (χ0n) is 14.5. The molecule has 4 nitrogen and oxygen atoms in total.